The van der Waals surface area contributed by atoms with Crippen LogP contribution in [0.3, 0.4) is 0 Å². The van der Waals surface area contributed by atoms with E-state index < -0.39 is 10.0 Å². The lowest BCUT2D eigenvalue weighted by Crippen LogP contribution is -2.34. The highest BCUT2D eigenvalue weighted by molar-refractivity contribution is 7.89. The fourth-order valence-corrected chi connectivity index (χ4v) is 4.55. The molecule has 184 valence electrons. The monoisotopic (exact) mass is 511 g/mol. The second-order valence-corrected chi connectivity index (χ2v) is 10.5. The number of carbonyl (C=O) groups is 1. The summed E-state index contributed by atoms with van der Waals surface area (Å²) >= 11 is 5.25. The molecule has 7 nitrogen and oxygen atoms in total. The van der Waals surface area contributed by atoms with Crippen LogP contribution >= 0.6 is 12.2 Å². The molecule has 1 amide bonds. The number of sulfonamides is 1. The summed E-state index contributed by atoms with van der Waals surface area (Å²) in [7, 11) is -2.12. The van der Waals surface area contributed by atoms with Crippen LogP contribution in [0, 0.1) is 0 Å². The maximum absolute atomic E-state index is 12.9. The van der Waals surface area contributed by atoms with Crippen molar-refractivity contribution in [1.82, 2.24) is 9.62 Å². The van der Waals surface area contributed by atoms with Gasteiger partial charge in [0.2, 0.25) is 10.0 Å². The Bertz CT molecular complexity index is 1260. The summed E-state index contributed by atoms with van der Waals surface area (Å²) in [6.07, 6.45) is 0.898. The van der Waals surface area contributed by atoms with Gasteiger partial charge in [-0.3, -0.25) is 10.1 Å². The maximum Gasteiger partial charge on any atom is 0.257 e. The van der Waals surface area contributed by atoms with E-state index >= 15 is 0 Å². The first-order valence-corrected chi connectivity index (χ1v) is 13.0. The summed E-state index contributed by atoms with van der Waals surface area (Å²) in [6, 6.07) is 22.5. The van der Waals surface area contributed by atoms with E-state index in [9.17, 15) is 13.2 Å². The fourth-order valence-electron chi connectivity index (χ4n) is 3.18. The molecule has 2 N–H and O–H groups in total. The third-order valence-corrected chi connectivity index (χ3v) is 7.33. The summed E-state index contributed by atoms with van der Waals surface area (Å²) in [6.45, 7) is 4.25. The zero-order chi connectivity index (χ0) is 25.4. The number of amides is 1. The fraction of sp³-hybridized carbons (Fsp3) is 0.231. The Hall–Kier alpha value is -3.27. The predicted octanol–water partition coefficient (Wildman–Crippen LogP) is 4.81. The zero-order valence-electron chi connectivity index (χ0n) is 19.9. The molecule has 1 unspecified atom stereocenters. The number of anilines is 1. The van der Waals surface area contributed by atoms with Crippen molar-refractivity contribution in [2.24, 2.45) is 0 Å². The number of thiocarbonyl (C=S) groups is 1. The van der Waals surface area contributed by atoms with Gasteiger partial charge in [-0.15, -0.1) is 0 Å². The first kappa shape index (κ1) is 26.3. The predicted molar refractivity (Wildman–Crippen MR) is 142 cm³/mol. The average Bonchev–Trinajstić information content (AvgIpc) is 2.85. The highest BCUT2D eigenvalue weighted by atomic mass is 32.2. The number of nitrogens with one attached hydrogen (secondary N) is 2. The normalized spacial score (nSPS) is 12.1. The van der Waals surface area contributed by atoms with Gasteiger partial charge in [-0.05, 0) is 73.6 Å². The number of carbonyl (C=O) groups excluding carboxylic acids is 1. The van der Waals surface area contributed by atoms with Gasteiger partial charge in [0.05, 0.1) is 11.0 Å². The highest BCUT2D eigenvalue weighted by Gasteiger charge is 2.21. The van der Waals surface area contributed by atoms with Gasteiger partial charge in [0, 0.05) is 24.8 Å². The van der Waals surface area contributed by atoms with Crippen molar-refractivity contribution in [1.29, 1.82) is 0 Å². The van der Waals surface area contributed by atoms with E-state index in [0.29, 0.717) is 17.0 Å². The molecular weight excluding hydrogens is 482 g/mol. The second kappa shape index (κ2) is 11.9. The summed E-state index contributed by atoms with van der Waals surface area (Å²) in [4.78, 5) is 12.7. The molecule has 0 saturated carbocycles. The lowest BCUT2D eigenvalue weighted by molar-refractivity contribution is 0.0977. The molecule has 9 heteroatoms. The van der Waals surface area contributed by atoms with Crippen molar-refractivity contribution in [3.63, 3.8) is 0 Å². The van der Waals surface area contributed by atoms with E-state index in [2.05, 4.69) is 10.6 Å². The number of rotatable bonds is 9. The molecule has 0 aliphatic carbocycles. The smallest absolute Gasteiger partial charge is 0.257 e. The largest absolute Gasteiger partial charge is 0.491 e. The van der Waals surface area contributed by atoms with Gasteiger partial charge >= 0.3 is 0 Å². The second-order valence-electron chi connectivity index (χ2n) is 8.04. The number of ether oxygens (including phenoxy) is 1. The number of nitrogens with zero attached hydrogens (tertiary/aromatic N) is 1. The van der Waals surface area contributed by atoms with Gasteiger partial charge in [-0.1, -0.05) is 43.3 Å². The molecule has 0 saturated heterocycles. The molecule has 0 heterocycles. The van der Waals surface area contributed by atoms with Crippen LogP contribution in [0.5, 0.6) is 5.75 Å². The van der Waals surface area contributed by atoms with Crippen LogP contribution in [0.2, 0.25) is 0 Å². The number of benzene rings is 3. The Kier molecular flexibility index (Phi) is 8.97. The van der Waals surface area contributed by atoms with Crippen molar-refractivity contribution >= 4 is 38.9 Å². The minimum atomic E-state index is -3.66. The SMILES string of the molecule is CCC(C)Oc1cccc(C(=O)NC(=S)Nc2ccc(S(=O)(=O)N(C)Cc3ccccc3)cc2)c1. The zero-order valence-corrected chi connectivity index (χ0v) is 21.5. The number of hydrogen-bond acceptors (Lipinski definition) is 5. The van der Waals surface area contributed by atoms with Crippen molar-refractivity contribution in [2.45, 2.75) is 37.8 Å². The lowest BCUT2D eigenvalue weighted by atomic mass is 10.2. The molecule has 1 atom stereocenters. The molecule has 0 aliphatic heterocycles. The Morgan fingerprint density at radius 2 is 1.71 bits per heavy atom. The third kappa shape index (κ3) is 7.35. The standard InChI is InChI=1S/C26H29N3O4S2/c1-4-19(2)33-23-12-8-11-21(17-23)25(30)28-26(34)27-22-13-15-24(16-14-22)35(31,32)29(3)18-20-9-6-5-7-10-20/h5-17,19H,4,18H2,1-3H3,(H2,27,28,30,34). The van der Waals surface area contributed by atoms with Crippen LogP contribution < -0.4 is 15.4 Å². The quantitative estimate of drug-likeness (QED) is 0.401. The van der Waals surface area contributed by atoms with Gasteiger partial charge < -0.3 is 10.1 Å². The van der Waals surface area contributed by atoms with Gasteiger partial charge in [0.25, 0.3) is 5.91 Å². The van der Waals surface area contributed by atoms with Crippen LogP contribution in [0.25, 0.3) is 0 Å². The molecule has 0 spiro atoms. The van der Waals surface area contributed by atoms with Crippen LogP contribution in [0.4, 0.5) is 5.69 Å². The molecule has 0 fully saturated rings. The van der Waals surface area contributed by atoms with E-state index in [1.54, 1.807) is 43.4 Å². The van der Waals surface area contributed by atoms with E-state index in [4.69, 9.17) is 17.0 Å². The summed E-state index contributed by atoms with van der Waals surface area (Å²) < 4.78 is 32.9. The Labute approximate surface area is 212 Å². The van der Waals surface area contributed by atoms with Crippen molar-refractivity contribution in [3.8, 4) is 5.75 Å². The van der Waals surface area contributed by atoms with Crippen LogP contribution in [0.15, 0.2) is 83.8 Å². The third-order valence-electron chi connectivity index (χ3n) is 5.30. The van der Waals surface area contributed by atoms with Crippen LogP contribution in [-0.2, 0) is 16.6 Å². The Balaban J connectivity index is 1.60. The highest BCUT2D eigenvalue weighted by Crippen LogP contribution is 2.20. The van der Waals surface area contributed by atoms with Crippen molar-refractivity contribution < 1.29 is 17.9 Å². The van der Waals surface area contributed by atoms with Crippen LogP contribution in [-0.4, -0.2) is 36.9 Å². The minimum absolute atomic E-state index is 0.0426. The Morgan fingerprint density at radius 3 is 2.37 bits per heavy atom. The van der Waals surface area contributed by atoms with Gasteiger partial charge in [-0.2, -0.15) is 4.31 Å². The van der Waals surface area contributed by atoms with Gasteiger partial charge in [0.1, 0.15) is 5.75 Å². The molecule has 35 heavy (non-hydrogen) atoms. The molecule has 0 aliphatic rings. The lowest BCUT2D eigenvalue weighted by Gasteiger charge is -2.18. The van der Waals surface area contributed by atoms with Crippen molar-refractivity contribution in [3.05, 3.63) is 90.0 Å². The first-order valence-electron chi connectivity index (χ1n) is 11.2. The first-order chi connectivity index (χ1) is 16.7. The van der Waals surface area contributed by atoms with E-state index in [1.807, 2.05) is 44.2 Å². The minimum Gasteiger partial charge on any atom is -0.491 e. The van der Waals surface area contributed by atoms with Gasteiger partial charge in [0.15, 0.2) is 5.11 Å². The molecule has 3 aromatic rings. The van der Waals surface area contributed by atoms with E-state index in [-0.39, 0.29) is 28.6 Å². The summed E-state index contributed by atoms with van der Waals surface area (Å²) in [5, 5.41) is 5.63. The molecule has 3 rings (SSSR count). The molecule has 0 bridgehead atoms. The van der Waals surface area contributed by atoms with E-state index in [0.717, 1.165) is 12.0 Å². The summed E-state index contributed by atoms with van der Waals surface area (Å²) in [5.74, 6) is 0.235. The maximum atomic E-state index is 12.9. The molecule has 3 aromatic carbocycles. The van der Waals surface area contributed by atoms with Crippen LogP contribution in [0.1, 0.15) is 36.2 Å². The summed E-state index contributed by atoms with van der Waals surface area (Å²) in [5.41, 5.74) is 1.86. The van der Waals surface area contributed by atoms with Gasteiger partial charge in [-0.25, -0.2) is 8.42 Å². The average molecular weight is 512 g/mol. The molecular formula is C26H29N3O4S2. The van der Waals surface area contributed by atoms with Crippen molar-refractivity contribution in [2.75, 3.05) is 12.4 Å². The topological polar surface area (TPSA) is 87.7 Å². The molecule has 0 aromatic heterocycles. The molecule has 0 radical (unpaired) electrons. The Morgan fingerprint density at radius 1 is 1.03 bits per heavy atom. The van der Waals surface area contributed by atoms with E-state index in [1.165, 1.54) is 16.4 Å². The number of hydrogen-bond donors (Lipinski definition) is 2.